The maximum Gasteiger partial charge on any atom is 0.262 e. The van der Waals surface area contributed by atoms with Crippen LogP contribution < -0.4 is 16.2 Å². The molecule has 132 valence electrons. The van der Waals surface area contributed by atoms with Gasteiger partial charge >= 0.3 is 0 Å². The average Bonchev–Trinajstić information content (AvgIpc) is 2.57. The van der Waals surface area contributed by atoms with E-state index in [1.165, 1.54) is 10.6 Å². The Morgan fingerprint density at radius 2 is 2.00 bits per heavy atom. The van der Waals surface area contributed by atoms with E-state index in [4.69, 9.17) is 5.73 Å². The molecule has 1 saturated heterocycles. The number of rotatable bonds is 2. The number of fused-ring (bicyclic) bond motifs is 1. The van der Waals surface area contributed by atoms with Crippen molar-refractivity contribution in [1.29, 1.82) is 5.26 Å². The van der Waals surface area contributed by atoms with Crippen LogP contribution >= 0.6 is 0 Å². The standard InChI is InChI=1S/C17H19F2N5O/c1-10(21)12-7-11(9-20)8-13-14(12)22-16(23(2)15(13)25)24-5-3-17(18,19)4-6-24/h7-8,10H,3-6,21H2,1-2H3/t10-/m1/s1. The molecule has 0 spiro atoms. The van der Waals surface area contributed by atoms with Gasteiger partial charge in [0.2, 0.25) is 5.95 Å². The monoisotopic (exact) mass is 347 g/mol. The molecule has 8 heteroatoms. The Morgan fingerprint density at radius 3 is 2.56 bits per heavy atom. The van der Waals surface area contributed by atoms with E-state index in [9.17, 15) is 18.8 Å². The van der Waals surface area contributed by atoms with Crippen molar-refractivity contribution in [2.24, 2.45) is 12.8 Å². The second-order valence-corrected chi connectivity index (χ2v) is 6.48. The number of aromatic nitrogens is 2. The van der Waals surface area contributed by atoms with Crippen LogP contribution in [-0.4, -0.2) is 28.6 Å². The molecule has 1 aliphatic rings. The summed E-state index contributed by atoms with van der Waals surface area (Å²) in [6, 6.07) is 4.71. The number of nitrogens with two attached hydrogens (primary N) is 1. The third kappa shape index (κ3) is 3.07. The van der Waals surface area contributed by atoms with E-state index in [-0.39, 0.29) is 31.5 Å². The van der Waals surface area contributed by atoms with Crippen molar-refractivity contribution >= 4 is 16.9 Å². The Labute approximate surface area is 143 Å². The highest BCUT2D eigenvalue weighted by molar-refractivity contribution is 5.84. The molecule has 1 aliphatic heterocycles. The highest BCUT2D eigenvalue weighted by Crippen LogP contribution is 2.30. The summed E-state index contributed by atoms with van der Waals surface area (Å²) in [5.41, 5.74) is 7.01. The molecule has 1 aromatic heterocycles. The van der Waals surface area contributed by atoms with Crippen molar-refractivity contribution in [3.63, 3.8) is 0 Å². The summed E-state index contributed by atoms with van der Waals surface area (Å²) in [6.07, 6.45) is -0.539. The fourth-order valence-electron chi connectivity index (χ4n) is 3.12. The van der Waals surface area contributed by atoms with Crippen molar-refractivity contribution < 1.29 is 8.78 Å². The van der Waals surface area contributed by atoms with Gasteiger partial charge in [-0.3, -0.25) is 9.36 Å². The SMILES string of the molecule is C[C@@H](N)c1cc(C#N)cc2c(=O)n(C)c(N3CCC(F)(F)CC3)nc12. The van der Waals surface area contributed by atoms with Crippen LogP contribution in [0.4, 0.5) is 14.7 Å². The largest absolute Gasteiger partial charge is 0.342 e. The highest BCUT2D eigenvalue weighted by atomic mass is 19.3. The van der Waals surface area contributed by atoms with Crippen molar-refractivity contribution in [3.8, 4) is 6.07 Å². The molecule has 0 unspecified atom stereocenters. The number of nitrogens with zero attached hydrogens (tertiary/aromatic N) is 4. The Bertz CT molecular complexity index is 919. The van der Waals surface area contributed by atoms with Crippen LogP contribution in [-0.2, 0) is 7.05 Å². The number of alkyl halides is 2. The summed E-state index contributed by atoms with van der Waals surface area (Å²) >= 11 is 0. The Hall–Kier alpha value is -2.53. The van der Waals surface area contributed by atoms with Crippen LogP contribution in [0.15, 0.2) is 16.9 Å². The molecule has 0 bridgehead atoms. The van der Waals surface area contributed by atoms with Crippen LogP contribution in [0.1, 0.15) is 36.9 Å². The summed E-state index contributed by atoms with van der Waals surface area (Å²) in [5.74, 6) is -2.33. The van der Waals surface area contributed by atoms with E-state index >= 15 is 0 Å². The fourth-order valence-corrected chi connectivity index (χ4v) is 3.12. The summed E-state index contributed by atoms with van der Waals surface area (Å²) in [6.45, 7) is 2.00. The summed E-state index contributed by atoms with van der Waals surface area (Å²) in [5, 5.41) is 9.48. The first-order chi connectivity index (χ1) is 11.7. The lowest BCUT2D eigenvalue weighted by atomic mass is 10.0. The second-order valence-electron chi connectivity index (χ2n) is 6.48. The number of piperidine rings is 1. The van der Waals surface area contributed by atoms with Crippen molar-refractivity contribution in [3.05, 3.63) is 33.6 Å². The second kappa shape index (κ2) is 6.08. The van der Waals surface area contributed by atoms with E-state index in [0.717, 1.165) is 0 Å². The topological polar surface area (TPSA) is 87.9 Å². The lowest BCUT2D eigenvalue weighted by Gasteiger charge is -2.33. The molecule has 2 heterocycles. The number of halogens is 2. The molecule has 0 amide bonds. The van der Waals surface area contributed by atoms with E-state index in [2.05, 4.69) is 4.98 Å². The van der Waals surface area contributed by atoms with E-state index in [1.807, 2.05) is 6.07 Å². The first-order valence-corrected chi connectivity index (χ1v) is 8.06. The molecular weight excluding hydrogens is 328 g/mol. The first kappa shape index (κ1) is 17.3. The van der Waals surface area contributed by atoms with Crippen LogP contribution in [0.5, 0.6) is 0 Å². The molecular formula is C17H19F2N5O. The van der Waals surface area contributed by atoms with Crippen molar-refractivity contribution in [2.75, 3.05) is 18.0 Å². The molecule has 3 rings (SSSR count). The zero-order chi connectivity index (χ0) is 18.4. The van der Waals surface area contributed by atoms with Gasteiger partial charge in [0.25, 0.3) is 11.5 Å². The lowest BCUT2D eigenvalue weighted by Crippen LogP contribution is -2.42. The van der Waals surface area contributed by atoms with Gasteiger partial charge in [-0.15, -0.1) is 0 Å². The van der Waals surface area contributed by atoms with Gasteiger partial charge in [-0.2, -0.15) is 5.26 Å². The Morgan fingerprint density at radius 1 is 1.36 bits per heavy atom. The number of anilines is 1. The molecule has 2 aromatic rings. The number of hydrogen-bond acceptors (Lipinski definition) is 5. The van der Waals surface area contributed by atoms with Gasteiger partial charge in [0.15, 0.2) is 0 Å². The number of hydrogen-bond donors (Lipinski definition) is 1. The third-order valence-corrected chi connectivity index (χ3v) is 4.58. The molecule has 0 radical (unpaired) electrons. The summed E-state index contributed by atoms with van der Waals surface area (Å²) in [4.78, 5) is 19.0. The van der Waals surface area contributed by atoms with Gasteiger partial charge in [-0.05, 0) is 24.6 Å². The molecule has 0 saturated carbocycles. The van der Waals surface area contributed by atoms with Crippen LogP contribution in [0.2, 0.25) is 0 Å². The minimum absolute atomic E-state index is 0.128. The van der Waals surface area contributed by atoms with Gasteiger partial charge in [0.1, 0.15) is 0 Å². The van der Waals surface area contributed by atoms with Crippen LogP contribution in [0.3, 0.4) is 0 Å². The van der Waals surface area contributed by atoms with E-state index < -0.39 is 12.0 Å². The zero-order valence-corrected chi connectivity index (χ0v) is 14.1. The lowest BCUT2D eigenvalue weighted by molar-refractivity contribution is -0.0223. The maximum atomic E-state index is 13.4. The molecule has 1 fully saturated rings. The van der Waals surface area contributed by atoms with E-state index in [0.29, 0.717) is 28.0 Å². The predicted octanol–water partition coefficient (Wildman–Crippen LogP) is 2.06. The molecule has 25 heavy (non-hydrogen) atoms. The zero-order valence-electron chi connectivity index (χ0n) is 14.1. The molecule has 0 aliphatic carbocycles. The first-order valence-electron chi connectivity index (χ1n) is 8.06. The number of nitriles is 1. The summed E-state index contributed by atoms with van der Waals surface area (Å²) < 4.78 is 28.2. The quantitative estimate of drug-likeness (QED) is 0.898. The minimum Gasteiger partial charge on any atom is -0.342 e. The van der Waals surface area contributed by atoms with Crippen molar-refractivity contribution in [1.82, 2.24) is 9.55 Å². The maximum absolute atomic E-state index is 13.4. The van der Waals surface area contributed by atoms with Crippen LogP contribution in [0, 0.1) is 11.3 Å². The fraction of sp³-hybridized carbons (Fsp3) is 0.471. The smallest absolute Gasteiger partial charge is 0.262 e. The Kier molecular flexibility index (Phi) is 4.21. The minimum atomic E-state index is -2.68. The average molecular weight is 347 g/mol. The molecule has 2 N–H and O–H groups in total. The normalized spacial score (nSPS) is 18.2. The predicted molar refractivity (Wildman–Crippen MR) is 90.7 cm³/mol. The molecule has 6 nitrogen and oxygen atoms in total. The third-order valence-electron chi connectivity index (χ3n) is 4.58. The Balaban J connectivity index is 2.19. The van der Waals surface area contributed by atoms with Gasteiger partial charge < -0.3 is 10.6 Å². The molecule has 1 aromatic carbocycles. The van der Waals surface area contributed by atoms with Gasteiger partial charge in [-0.1, -0.05) is 0 Å². The molecule has 1 atom stereocenters. The van der Waals surface area contributed by atoms with Gasteiger partial charge in [-0.25, -0.2) is 13.8 Å². The van der Waals surface area contributed by atoms with Crippen LogP contribution in [0.25, 0.3) is 10.9 Å². The number of benzene rings is 1. The van der Waals surface area contributed by atoms with Crippen molar-refractivity contribution in [2.45, 2.75) is 31.7 Å². The van der Waals surface area contributed by atoms with E-state index in [1.54, 1.807) is 24.9 Å². The highest BCUT2D eigenvalue weighted by Gasteiger charge is 2.35. The summed E-state index contributed by atoms with van der Waals surface area (Å²) in [7, 11) is 1.56. The van der Waals surface area contributed by atoms with Gasteiger partial charge in [0.05, 0.1) is 22.5 Å². The van der Waals surface area contributed by atoms with Gasteiger partial charge in [0, 0.05) is 39.0 Å².